The van der Waals surface area contributed by atoms with E-state index in [0.29, 0.717) is 24.7 Å². The van der Waals surface area contributed by atoms with Gasteiger partial charge in [-0.05, 0) is 6.92 Å². The maximum absolute atomic E-state index is 5.71. The molecule has 0 aliphatic rings. The third-order valence-corrected chi connectivity index (χ3v) is 2.09. The fourth-order valence-corrected chi connectivity index (χ4v) is 1.20. The molecule has 0 aromatic carbocycles. The Kier molecular flexibility index (Phi) is 4.37. The van der Waals surface area contributed by atoms with E-state index in [1.165, 1.54) is 0 Å². The van der Waals surface area contributed by atoms with Gasteiger partial charge in [-0.2, -0.15) is 9.97 Å². The summed E-state index contributed by atoms with van der Waals surface area (Å²) in [6.07, 6.45) is 0.661. The molecule has 0 atom stereocenters. The summed E-state index contributed by atoms with van der Waals surface area (Å²) in [5.41, 5.74) is 0. The molecule has 0 saturated heterocycles. The molecule has 0 spiro atoms. The van der Waals surface area contributed by atoms with Crippen molar-refractivity contribution < 1.29 is 0 Å². The molecule has 1 heterocycles. The van der Waals surface area contributed by atoms with Crippen LogP contribution in [0.4, 0.5) is 5.95 Å². The van der Waals surface area contributed by atoms with Crippen LogP contribution in [0.3, 0.4) is 0 Å². The van der Waals surface area contributed by atoms with Crippen LogP contribution in [0.5, 0.6) is 0 Å². The molecule has 0 bridgehead atoms. The summed E-state index contributed by atoms with van der Waals surface area (Å²) in [5, 5.41) is 2.96. The van der Waals surface area contributed by atoms with Crippen LogP contribution in [0.25, 0.3) is 0 Å². The normalized spacial score (nSPS) is 11.5. The van der Waals surface area contributed by atoms with E-state index in [4.69, 9.17) is 34.8 Å². The van der Waals surface area contributed by atoms with Crippen LogP contribution in [0.1, 0.15) is 25.5 Å². The maximum Gasteiger partial charge on any atom is 0.250 e. The third-order valence-electron chi connectivity index (χ3n) is 1.59. The molecular weight excluding hydrogens is 258 g/mol. The SMILES string of the molecule is CCNc1nc(CC)nc(C(Cl)(Cl)Cl)n1. The first-order chi connectivity index (χ1) is 6.97. The highest BCUT2D eigenvalue weighted by molar-refractivity contribution is 6.66. The molecule has 0 saturated carbocycles. The summed E-state index contributed by atoms with van der Waals surface area (Å²) in [6.45, 7) is 4.56. The van der Waals surface area contributed by atoms with E-state index in [1.807, 2.05) is 13.8 Å². The first-order valence-electron chi connectivity index (χ1n) is 4.53. The summed E-state index contributed by atoms with van der Waals surface area (Å²) >= 11 is 17.1. The molecule has 0 unspecified atom stereocenters. The van der Waals surface area contributed by atoms with Gasteiger partial charge in [0, 0.05) is 13.0 Å². The molecule has 0 fully saturated rings. The van der Waals surface area contributed by atoms with Gasteiger partial charge in [0.25, 0.3) is 0 Å². The largest absolute Gasteiger partial charge is 0.354 e. The Morgan fingerprint density at radius 2 is 1.80 bits per heavy atom. The number of hydrogen-bond donors (Lipinski definition) is 1. The predicted octanol–water partition coefficient (Wildman–Crippen LogP) is 2.69. The van der Waals surface area contributed by atoms with Gasteiger partial charge in [0.15, 0.2) is 5.82 Å². The second-order valence-electron chi connectivity index (χ2n) is 2.78. The Morgan fingerprint density at radius 1 is 1.13 bits per heavy atom. The van der Waals surface area contributed by atoms with Crippen molar-refractivity contribution in [1.29, 1.82) is 0 Å². The van der Waals surface area contributed by atoms with Crippen LogP contribution in [-0.4, -0.2) is 21.5 Å². The Balaban J connectivity index is 3.11. The molecule has 15 heavy (non-hydrogen) atoms. The minimum absolute atomic E-state index is 0.148. The molecule has 1 N–H and O–H groups in total. The Bertz CT molecular complexity index is 337. The van der Waals surface area contributed by atoms with E-state index >= 15 is 0 Å². The highest BCUT2D eigenvalue weighted by Gasteiger charge is 2.27. The lowest BCUT2D eigenvalue weighted by Gasteiger charge is -2.11. The average Bonchev–Trinajstić information content (AvgIpc) is 2.16. The maximum atomic E-state index is 5.71. The van der Waals surface area contributed by atoms with Crippen LogP contribution in [0.15, 0.2) is 0 Å². The standard InChI is InChI=1S/C8H11Cl3N4/c1-3-5-13-6(8(9,10)11)15-7(14-5)12-4-2/h3-4H2,1-2H3,(H,12,13,14,15). The second kappa shape index (κ2) is 5.14. The van der Waals surface area contributed by atoms with Gasteiger partial charge in [0.2, 0.25) is 9.74 Å². The monoisotopic (exact) mass is 268 g/mol. The molecule has 1 aromatic heterocycles. The van der Waals surface area contributed by atoms with Crippen molar-refractivity contribution in [2.24, 2.45) is 0 Å². The minimum atomic E-state index is -1.61. The molecule has 0 radical (unpaired) electrons. The molecular formula is C8H11Cl3N4. The summed E-state index contributed by atoms with van der Waals surface area (Å²) in [5.74, 6) is 1.18. The molecule has 0 amide bonds. The first-order valence-corrected chi connectivity index (χ1v) is 5.66. The lowest BCUT2D eigenvalue weighted by atomic mass is 10.4. The van der Waals surface area contributed by atoms with Crippen molar-refractivity contribution >= 4 is 40.8 Å². The zero-order valence-electron chi connectivity index (χ0n) is 8.39. The number of nitrogens with zero attached hydrogens (tertiary/aromatic N) is 3. The summed E-state index contributed by atoms with van der Waals surface area (Å²) in [4.78, 5) is 12.2. The number of anilines is 1. The molecule has 1 aromatic rings. The summed E-state index contributed by atoms with van der Waals surface area (Å²) < 4.78 is -1.61. The summed E-state index contributed by atoms with van der Waals surface area (Å²) in [6, 6.07) is 0. The van der Waals surface area contributed by atoms with Crippen LogP contribution in [0.2, 0.25) is 0 Å². The molecule has 1 rings (SSSR count). The van der Waals surface area contributed by atoms with Gasteiger partial charge in [-0.25, -0.2) is 4.98 Å². The first kappa shape index (κ1) is 12.7. The minimum Gasteiger partial charge on any atom is -0.354 e. The number of nitrogens with one attached hydrogen (secondary N) is 1. The Labute approximate surface area is 103 Å². The molecule has 4 nitrogen and oxygen atoms in total. The molecule has 0 aliphatic carbocycles. The van der Waals surface area contributed by atoms with Crippen LogP contribution >= 0.6 is 34.8 Å². The van der Waals surface area contributed by atoms with E-state index in [-0.39, 0.29) is 5.82 Å². The van der Waals surface area contributed by atoms with Gasteiger partial charge in [0.1, 0.15) is 5.82 Å². The average molecular weight is 270 g/mol. The lowest BCUT2D eigenvalue weighted by Crippen LogP contribution is -2.14. The quantitative estimate of drug-likeness (QED) is 0.857. The highest BCUT2D eigenvalue weighted by atomic mass is 35.6. The number of hydrogen-bond acceptors (Lipinski definition) is 4. The van der Waals surface area contributed by atoms with Crippen molar-refractivity contribution in [1.82, 2.24) is 15.0 Å². The summed E-state index contributed by atoms with van der Waals surface area (Å²) in [7, 11) is 0. The Morgan fingerprint density at radius 3 is 2.27 bits per heavy atom. The van der Waals surface area contributed by atoms with Crippen LogP contribution < -0.4 is 5.32 Å². The van der Waals surface area contributed by atoms with Gasteiger partial charge in [0.05, 0.1) is 0 Å². The third kappa shape index (κ3) is 3.63. The fourth-order valence-electron chi connectivity index (χ4n) is 0.942. The second-order valence-corrected chi connectivity index (χ2v) is 5.06. The van der Waals surface area contributed by atoms with Gasteiger partial charge >= 0.3 is 0 Å². The number of alkyl halides is 3. The Hall–Kier alpha value is -0.320. The van der Waals surface area contributed by atoms with Crippen molar-refractivity contribution in [3.05, 3.63) is 11.6 Å². The van der Waals surface area contributed by atoms with Crippen molar-refractivity contribution in [2.75, 3.05) is 11.9 Å². The molecule has 0 aliphatic heterocycles. The van der Waals surface area contributed by atoms with Gasteiger partial charge in [-0.3, -0.25) is 0 Å². The number of aromatic nitrogens is 3. The molecule has 84 valence electrons. The van der Waals surface area contributed by atoms with E-state index in [2.05, 4.69) is 20.3 Å². The van der Waals surface area contributed by atoms with E-state index < -0.39 is 3.79 Å². The van der Waals surface area contributed by atoms with E-state index in [1.54, 1.807) is 0 Å². The number of aryl methyl sites for hydroxylation is 1. The molecule has 7 heteroatoms. The number of rotatable bonds is 3. The smallest absolute Gasteiger partial charge is 0.250 e. The zero-order chi connectivity index (χ0) is 11.5. The van der Waals surface area contributed by atoms with Crippen LogP contribution in [-0.2, 0) is 10.2 Å². The van der Waals surface area contributed by atoms with Crippen molar-refractivity contribution in [3.8, 4) is 0 Å². The van der Waals surface area contributed by atoms with Crippen LogP contribution in [0, 0.1) is 0 Å². The van der Waals surface area contributed by atoms with Crippen molar-refractivity contribution in [3.63, 3.8) is 0 Å². The fraction of sp³-hybridized carbons (Fsp3) is 0.625. The zero-order valence-corrected chi connectivity index (χ0v) is 10.7. The predicted molar refractivity (Wildman–Crippen MR) is 62.6 cm³/mol. The van der Waals surface area contributed by atoms with Gasteiger partial charge in [-0.1, -0.05) is 41.7 Å². The topological polar surface area (TPSA) is 50.7 Å². The van der Waals surface area contributed by atoms with E-state index in [9.17, 15) is 0 Å². The highest BCUT2D eigenvalue weighted by Crippen LogP contribution is 2.35. The van der Waals surface area contributed by atoms with E-state index in [0.717, 1.165) is 0 Å². The van der Waals surface area contributed by atoms with Gasteiger partial charge < -0.3 is 5.32 Å². The lowest BCUT2D eigenvalue weighted by molar-refractivity contribution is 0.834. The van der Waals surface area contributed by atoms with Gasteiger partial charge in [-0.15, -0.1) is 0 Å². The number of halogens is 3. The van der Waals surface area contributed by atoms with Crippen molar-refractivity contribution in [2.45, 2.75) is 24.1 Å².